The van der Waals surface area contributed by atoms with E-state index in [0.29, 0.717) is 0 Å². The summed E-state index contributed by atoms with van der Waals surface area (Å²) in [5.74, 6) is -6.46. The molecule has 2 bridgehead atoms. The summed E-state index contributed by atoms with van der Waals surface area (Å²) in [5, 5.41) is 0. The topological polar surface area (TPSA) is 0 Å². The third kappa shape index (κ3) is 1.63. The van der Waals surface area contributed by atoms with Crippen LogP contribution in [0.3, 0.4) is 0 Å². The molecule has 0 aliphatic heterocycles. The molecule has 0 nitrogen and oxygen atoms in total. The van der Waals surface area contributed by atoms with Crippen molar-refractivity contribution in [3.8, 4) is 0 Å². The van der Waals surface area contributed by atoms with Gasteiger partial charge in [-0.2, -0.15) is 26.3 Å². The molecule has 0 amide bonds. The summed E-state index contributed by atoms with van der Waals surface area (Å²) in [7, 11) is 0. The number of alkyl halides is 6. The zero-order chi connectivity index (χ0) is 11.4. The highest BCUT2D eigenvalue weighted by Crippen LogP contribution is 2.58. The molecule has 86 valence electrons. The molecule has 0 spiro atoms. The van der Waals surface area contributed by atoms with Gasteiger partial charge in [0.2, 0.25) is 0 Å². The fourth-order valence-electron chi connectivity index (χ4n) is 2.71. The fraction of sp³-hybridized carbons (Fsp3) is 0.778. The highest BCUT2D eigenvalue weighted by molar-refractivity contribution is 5.16. The Morgan fingerprint density at radius 2 is 1.07 bits per heavy atom. The van der Waals surface area contributed by atoms with E-state index in [-0.39, 0.29) is 6.42 Å². The maximum atomic E-state index is 12.5. The van der Waals surface area contributed by atoms with Crippen molar-refractivity contribution in [1.29, 1.82) is 0 Å². The summed E-state index contributed by atoms with van der Waals surface area (Å²) in [6, 6.07) is 0. The van der Waals surface area contributed by atoms with Crippen molar-refractivity contribution >= 4 is 0 Å². The summed E-state index contributed by atoms with van der Waals surface area (Å²) in [5.41, 5.74) is 0. The number of rotatable bonds is 0. The van der Waals surface area contributed by atoms with Crippen molar-refractivity contribution in [3.05, 3.63) is 12.2 Å². The lowest BCUT2D eigenvalue weighted by Gasteiger charge is -2.31. The molecular formula is C9H8F6. The first kappa shape index (κ1) is 10.8. The van der Waals surface area contributed by atoms with Crippen LogP contribution in [0.25, 0.3) is 0 Å². The number of hydrogen-bond acceptors (Lipinski definition) is 0. The van der Waals surface area contributed by atoms with E-state index in [1.165, 1.54) is 12.2 Å². The third-order valence-electron chi connectivity index (χ3n) is 3.22. The van der Waals surface area contributed by atoms with Crippen LogP contribution >= 0.6 is 0 Å². The molecule has 0 aromatic carbocycles. The maximum absolute atomic E-state index is 12.5. The first-order chi connectivity index (χ1) is 6.71. The largest absolute Gasteiger partial charge is 0.393 e. The van der Waals surface area contributed by atoms with Gasteiger partial charge in [-0.25, -0.2) is 0 Å². The molecule has 0 N–H and O–H groups in total. The van der Waals surface area contributed by atoms with Crippen LogP contribution in [-0.2, 0) is 0 Å². The van der Waals surface area contributed by atoms with Crippen molar-refractivity contribution in [2.24, 2.45) is 23.7 Å². The molecule has 0 radical (unpaired) electrons. The average molecular weight is 230 g/mol. The second-order valence-electron chi connectivity index (χ2n) is 4.08. The van der Waals surface area contributed by atoms with Gasteiger partial charge in [-0.1, -0.05) is 12.2 Å². The number of fused-ring (bicyclic) bond motifs is 2. The molecule has 0 saturated heterocycles. The minimum atomic E-state index is -4.76. The third-order valence-corrected chi connectivity index (χ3v) is 3.22. The van der Waals surface area contributed by atoms with E-state index in [9.17, 15) is 26.3 Å². The molecule has 2 aliphatic carbocycles. The molecule has 1 saturated carbocycles. The van der Waals surface area contributed by atoms with Crippen LogP contribution in [0, 0.1) is 23.7 Å². The Bertz CT molecular complexity index is 258. The van der Waals surface area contributed by atoms with Crippen LogP contribution < -0.4 is 0 Å². The molecule has 2 aliphatic rings. The second-order valence-corrected chi connectivity index (χ2v) is 4.08. The van der Waals surface area contributed by atoms with Gasteiger partial charge >= 0.3 is 12.4 Å². The molecule has 2 rings (SSSR count). The minimum Gasteiger partial charge on any atom is -0.171 e. The molecule has 4 atom stereocenters. The van der Waals surface area contributed by atoms with Gasteiger partial charge in [0.05, 0.1) is 11.8 Å². The Labute approximate surface area is 82.0 Å². The van der Waals surface area contributed by atoms with Crippen LogP contribution in [-0.4, -0.2) is 12.4 Å². The Balaban J connectivity index is 2.33. The van der Waals surface area contributed by atoms with Gasteiger partial charge in [0.25, 0.3) is 0 Å². The van der Waals surface area contributed by atoms with Crippen LogP contribution in [0.5, 0.6) is 0 Å². The molecule has 15 heavy (non-hydrogen) atoms. The van der Waals surface area contributed by atoms with Gasteiger partial charge < -0.3 is 0 Å². The maximum Gasteiger partial charge on any atom is 0.393 e. The first-order valence-electron chi connectivity index (χ1n) is 4.53. The van der Waals surface area contributed by atoms with Crippen LogP contribution in [0.1, 0.15) is 6.42 Å². The highest BCUT2D eigenvalue weighted by Gasteiger charge is 2.65. The van der Waals surface area contributed by atoms with E-state index in [4.69, 9.17) is 0 Å². The quantitative estimate of drug-likeness (QED) is 0.441. The van der Waals surface area contributed by atoms with Gasteiger partial charge in [-0.3, -0.25) is 0 Å². The Kier molecular flexibility index (Phi) is 2.11. The fourth-order valence-corrected chi connectivity index (χ4v) is 2.71. The predicted octanol–water partition coefficient (Wildman–Crippen LogP) is 3.55. The summed E-state index contributed by atoms with van der Waals surface area (Å²) in [6.07, 6.45) is -7.00. The van der Waals surface area contributed by atoms with E-state index < -0.39 is 36.0 Å². The van der Waals surface area contributed by atoms with E-state index in [1.54, 1.807) is 0 Å². The lowest BCUT2D eigenvalue weighted by Crippen LogP contribution is -2.41. The molecule has 0 unspecified atom stereocenters. The van der Waals surface area contributed by atoms with Crippen LogP contribution in [0.2, 0.25) is 0 Å². The lowest BCUT2D eigenvalue weighted by molar-refractivity contribution is -0.256. The number of allylic oxidation sites excluding steroid dienone is 2. The van der Waals surface area contributed by atoms with Crippen molar-refractivity contribution < 1.29 is 26.3 Å². The van der Waals surface area contributed by atoms with Gasteiger partial charge in [-0.05, 0) is 18.3 Å². The lowest BCUT2D eigenvalue weighted by atomic mass is 9.82. The van der Waals surface area contributed by atoms with E-state index >= 15 is 0 Å². The van der Waals surface area contributed by atoms with Gasteiger partial charge in [0.1, 0.15) is 0 Å². The van der Waals surface area contributed by atoms with Gasteiger partial charge in [0, 0.05) is 0 Å². The number of hydrogen-bond donors (Lipinski definition) is 0. The molecular weight excluding hydrogens is 222 g/mol. The molecule has 0 aromatic rings. The van der Waals surface area contributed by atoms with E-state index in [1.807, 2.05) is 0 Å². The normalized spacial score (nSPS) is 40.1. The SMILES string of the molecule is FC(F)(F)[C@H]1[C@H](C(F)(F)F)[C@H]2C=C[C@H]1C2. The summed E-state index contributed by atoms with van der Waals surface area (Å²) in [6.45, 7) is 0. The number of halogens is 6. The molecule has 0 heterocycles. The predicted molar refractivity (Wildman–Crippen MR) is 39.8 cm³/mol. The monoisotopic (exact) mass is 230 g/mol. The van der Waals surface area contributed by atoms with Crippen molar-refractivity contribution in [3.63, 3.8) is 0 Å². The zero-order valence-electron chi connectivity index (χ0n) is 7.44. The minimum absolute atomic E-state index is 0.0195. The summed E-state index contributed by atoms with van der Waals surface area (Å²) in [4.78, 5) is 0. The van der Waals surface area contributed by atoms with Crippen molar-refractivity contribution in [2.45, 2.75) is 18.8 Å². The first-order valence-corrected chi connectivity index (χ1v) is 4.53. The van der Waals surface area contributed by atoms with Gasteiger partial charge in [-0.15, -0.1) is 0 Å². The van der Waals surface area contributed by atoms with Crippen LogP contribution in [0.15, 0.2) is 12.2 Å². The molecule has 6 heteroatoms. The van der Waals surface area contributed by atoms with Gasteiger partial charge in [0.15, 0.2) is 0 Å². The second kappa shape index (κ2) is 2.92. The highest BCUT2D eigenvalue weighted by atomic mass is 19.4. The Morgan fingerprint density at radius 1 is 0.733 bits per heavy atom. The zero-order valence-corrected chi connectivity index (χ0v) is 7.44. The Hall–Kier alpha value is -0.680. The standard InChI is InChI=1S/C9H8F6/c10-8(11,12)6-4-1-2-5(3-4)7(6)9(13,14)15/h1-2,4-7H,3H2/t4-,5-,6+,7+/m0/s1. The summed E-state index contributed by atoms with van der Waals surface area (Å²) < 4.78 is 74.8. The molecule has 0 aromatic heterocycles. The van der Waals surface area contributed by atoms with Crippen LogP contribution in [0.4, 0.5) is 26.3 Å². The van der Waals surface area contributed by atoms with Crippen molar-refractivity contribution in [2.75, 3.05) is 0 Å². The van der Waals surface area contributed by atoms with E-state index in [0.717, 1.165) is 0 Å². The van der Waals surface area contributed by atoms with Crippen molar-refractivity contribution in [1.82, 2.24) is 0 Å². The summed E-state index contributed by atoms with van der Waals surface area (Å²) >= 11 is 0. The van der Waals surface area contributed by atoms with E-state index in [2.05, 4.69) is 0 Å². The average Bonchev–Trinajstić information content (AvgIpc) is 2.56. The molecule has 1 fully saturated rings. The smallest absolute Gasteiger partial charge is 0.171 e. The Morgan fingerprint density at radius 3 is 1.33 bits per heavy atom.